The number of carbonyl (C=O) groups excluding carboxylic acids is 2. The van der Waals surface area contributed by atoms with E-state index in [1.54, 1.807) is 37.3 Å². The highest BCUT2D eigenvalue weighted by Crippen LogP contribution is 2.29. The van der Waals surface area contributed by atoms with Crippen molar-refractivity contribution in [3.05, 3.63) is 95.1 Å². The van der Waals surface area contributed by atoms with E-state index in [-0.39, 0.29) is 17.3 Å². The van der Waals surface area contributed by atoms with Crippen LogP contribution in [0, 0.1) is 20.8 Å². The zero-order valence-corrected chi connectivity index (χ0v) is 23.6. The Balaban J connectivity index is 2.05. The van der Waals surface area contributed by atoms with Gasteiger partial charge in [-0.2, -0.15) is 0 Å². The second-order valence-electron chi connectivity index (χ2n) is 9.52. The topological polar surface area (TPSA) is 86.8 Å². The summed E-state index contributed by atoms with van der Waals surface area (Å²) in [7, 11) is -4.08. The van der Waals surface area contributed by atoms with Gasteiger partial charge in [-0.15, -0.1) is 0 Å². The molecule has 202 valence electrons. The van der Waals surface area contributed by atoms with Crippen LogP contribution in [0.4, 0.5) is 5.69 Å². The molecule has 0 heterocycles. The third kappa shape index (κ3) is 6.81. The molecule has 1 N–H and O–H groups in total. The molecule has 0 aliphatic carbocycles. The number of hydrogen-bond acceptors (Lipinski definition) is 4. The van der Waals surface area contributed by atoms with E-state index in [1.807, 2.05) is 58.0 Å². The van der Waals surface area contributed by atoms with Crippen molar-refractivity contribution < 1.29 is 18.0 Å². The lowest BCUT2D eigenvalue weighted by molar-refractivity contribution is -0.139. The first-order valence-electron chi connectivity index (χ1n) is 12.8. The van der Waals surface area contributed by atoms with Crippen LogP contribution in [0.2, 0.25) is 0 Å². The molecule has 7 nitrogen and oxygen atoms in total. The van der Waals surface area contributed by atoms with Crippen molar-refractivity contribution in [2.75, 3.05) is 17.4 Å². The average Bonchev–Trinajstić information content (AvgIpc) is 2.90. The maximum absolute atomic E-state index is 13.9. The molecule has 0 fully saturated rings. The minimum absolute atomic E-state index is 0.0904. The summed E-state index contributed by atoms with van der Waals surface area (Å²) in [5.41, 5.74) is 3.99. The van der Waals surface area contributed by atoms with Gasteiger partial charge in [0.05, 0.1) is 10.6 Å². The molecule has 1 unspecified atom stereocenters. The van der Waals surface area contributed by atoms with Crippen LogP contribution in [0.5, 0.6) is 0 Å². The minimum Gasteiger partial charge on any atom is -0.354 e. The monoisotopic (exact) mass is 535 g/mol. The Labute approximate surface area is 226 Å². The molecule has 8 heteroatoms. The van der Waals surface area contributed by atoms with Gasteiger partial charge in [-0.1, -0.05) is 67.1 Å². The Bertz CT molecular complexity index is 1370. The van der Waals surface area contributed by atoms with Crippen LogP contribution < -0.4 is 9.62 Å². The molecule has 3 rings (SSSR count). The Morgan fingerprint density at radius 2 is 1.61 bits per heavy atom. The summed E-state index contributed by atoms with van der Waals surface area (Å²) < 4.78 is 28.9. The smallest absolute Gasteiger partial charge is 0.264 e. The van der Waals surface area contributed by atoms with Gasteiger partial charge in [-0.25, -0.2) is 8.42 Å². The Morgan fingerprint density at radius 3 is 2.26 bits per heavy atom. The number of anilines is 1. The van der Waals surface area contributed by atoms with Crippen molar-refractivity contribution in [3.8, 4) is 0 Å². The van der Waals surface area contributed by atoms with E-state index in [9.17, 15) is 18.0 Å². The number of rotatable bonds is 11. The second kappa shape index (κ2) is 12.7. The molecule has 2 amide bonds. The summed E-state index contributed by atoms with van der Waals surface area (Å²) in [5, 5.41) is 2.86. The number of amides is 2. The maximum atomic E-state index is 13.9. The standard InChI is InChI=1S/C30H37N3O4S/c1-6-18-31-30(35)25(5)32(20-26-14-10-12-22(2)19-26)29(34)21-33(28-17-11-13-23(3)24(28)4)38(36,37)27-15-8-7-9-16-27/h7-17,19,25H,6,18,20-21H2,1-5H3,(H,31,35). The SMILES string of the molecule is CCCNC(=O)C(C)N(Cc1cccc(C)c1)C(=O)CN(c1cccc(C)c1C)S(=O)(=O)c1ccccc1. The van der Waals surface area contributed by atoms with E-state index in [2.05, 4.69) is 5.32 Å². The molecule has 1 atom stereocenters. The lowest BCUT2D eigenvalue weighted by Crippen LogP contribution is -2.51. The fourth-order valence-electron chi connectivity index (χ4n) is 4.22. The van der Waals surface area contributed by atoms with Crippen LogP contribution in [0.25, 0.3) is 0 Å². The number of sulfonamides is 1. The zero-order chi connectivity index (χ0) is 27.9. The second-order valence-corrected chi connectivity index (χ2v) is 11.4. The molecular formula is C30H37N3O4S. The van der Waals surface area contributed by atoms with Crippen molar-refractivity contribution in [2.45, 2.75) is 58.5 Å². The third-order valence-electron chi connectivity index (χ3n) is 6.61. The van der Waals surface area contributed by atoms with Crippen LogP contribution in [-0.2, 0) is 26.2 Å². The normalized spacial score (nSPS) is 12.0. The van der Waals surface area contributed by atoms with Gasteiger partial charge >= 0.3 is 0 Å². The fourth-order valence-corrected chi connectivity index (χ4v) is 5.72. The Kier molecular flexibility index (Phi) is 9.69. The molecule has 38 heavy (non-hydrogen) atoms. The summed E-state index contributed by atoms with van der Waals surface area (Å²) in [6, 6.07) is 20.4. The van der Waals surface area contributed by atoms with Crippen LogP contribution >= 0.6 is 0 Å². The highest BCUT2D eigenvalue weighted by atomic mass is 32.2. The summed E-state index contributed by atoms with van der Waals surface area (Å²) in [6.07, 6.45) is 0.764. The number of aryl methyl sites for hydroxylation is 2. The largest absolute Gasteiger partial charge is 0.354 e. The van der Waals surface area contributed by atoms with Crippen molar-refractivity contribution in [3.63, 3.8) is 0 Å². The molecule has 0 aromatic heterocycles. The predicted octanol–water partition coefficient (Wildman–Crippen LogP) is 4.75. The molecule has 0 spiro atoms. The Hall–Kier alpha value is -3.65. The van der Waals surface area contributed by atoms with Crippen molar-refractivity contribution in [2.24, 2.45) is 0 Å². The third-order valence-corrected chi connectivity index (χ3v) is 8.38. The summed E-state index contributed by atoms with van der Waals surface area (Å²) in [6.45, 7) is 9.55. The molecular weight excluding hydrogens is 498 g/mol. The average molecular weight is 536 g/mol. The molecule has 3 aromatic carbocycles. The molecule has 0 aliphatic heterocycles. The van der Waals surface area contributed by atoms with E-state index >= 15 is 0 Å². The van der Waals surface area contributed by atoms with E-state index in [0.29, 0.717) is 12.2 Å². The van der Waals surface area contributed by atoms with Crippen LogP contribution in [0.3, 0.4) is 0 Å². The van der Waals surface area contributed by atoms with Gasteiger partial charge in [-0.3, -0.25) is 13.9 Å². The molecule has 0 aliphatic rings. The first-order valence-corrected chi connectivity index (χ1v) is 14.3. The van der Waals surface area contributed by atoms with Gasteiger partial charge in [0.2, 0.25) is 11.8 Å². The lowest BCUT2D eigenvalue weighted by atomic mass is 10.1. The number of nitrogens with one attached hydrogen (secondary N) is 1. The van der Waals surface area contributed by atoms with Crippen LogP contribution in [0.1, 0.15) is 42.5 Å². The zero-order valence-electron chi connectivity index (χ0n) is 22.8. The summed E-state index contributed by atoms with van der Waals surface area (Å²) in [4.78, 5) is 28.4. The van der Waals surface area contributed by atoms with Crippen LogP contribution in [0.15, 0.2) is 77.7 Å². The van der Waals surface area contributed by atoms with Gasteiger partial charge in [0.1, 0.15) is 12.6 Å². The van der Waals surface area contributed by atoms with E-state index in [1.165, 1.54) is 17.0 Å². The summed E-state index contributed by atoms with van der Waals surface area (Å²) >= 11 is 0. The molecule has 0 radical (unpaired) electrons. The Morgan fingerprint density at radius 1 is 0.921 bits per heavy atom. The quantitative estimate of drug-likeness (QED) is 0.384. The van der Waals surface area contributed by atoms with Gasteiger partial charge in [0.25, 0.3) is 10.0 Å². The van der Waals surface area contributed by atoms with Crippen molar-refractivity contribution in [1.29, 1.82) is 0 Å². The van der Waals surface area contributed by atoms with Gasteiger partial charge < -0.3 is 10.2 Å². The number of nitrogens with zero attached hydrogens (tertiary/aromatic N) is 2. The predicted molar refractivity (Wildman–Crippen MR) is 151 cm³/mol. The van der Waals surface area contributed by atoms with E-state index < -0.39 is 28.5 Å². The number of hydrogen-bond donors (Lipinski definition) is 1. The lowest BCUT2D eigenvalue weighted by Gasteiger charge is -2.32. The molecule has 3 aromatic rings. The van der Waals surface area contributed by atoms with Gasteiger partial charge in [0, 0.05) is 13.1 Å². The highest BCUT2D eigenvalue weighted by Gasteiger charge is 2.33. The van der Waals surface area contributed by atoms with Gasteiger partial charge in [-0.05, 0) is 69.0 Å². The van der Waals surface area contributed by atoms with Crippen molar-refractivity contribution >= 4 is 27.5 Å². The van der Waals surface area contributed by atoms with Crippen molar-refractivity contribution in [1.82, 2.24) is 10.2 Å². The molecule has 0 bridgehead atoms. The van der Waals surface area contributed by atoms with Crippen LogP contribution in [-0.4, -0.2) is 44.3 Å². The van der Waals surface area contributed by atoms with Gasteiger partial charge in [0.15, 0.2) is 0 Å². The fraction of sp³-hybridized carbons (Fsp3) is 0.333. The van der Waals surface area contributed by atoms with E-state index in [0.717, 1.165) is 33.0 Å². The molecule has 0 saturated heterocycles. The number of carbonyl (C=O) groups is 2. The summed E-state index contributed by atoms with van der Waals surface area (Å²) in [5.74, 6) is -0.747. The first-order chi connectivity index (χ1) is 18.1. The van der Waals surface area contributed by atoms with E-state index in [4.69, 9.17) is 0 Å². The first kappa shape index (κ1) is 28.9. The maximum Gasteiger partial charge on any atom is 0.264 e. The molecule has 0 saturated carbocycles. The number of benzene rings is 3. The highest BCUT2D eigenvalue weighted by molar-refractivity contribution is 7.92. The minimum atomic E-state index is -4.08.